The molecular weight excluding hydrogens is 426 g/mol. The lowest BCUT2D eigenvalue weighted by atomic mass is 10.1. The van der Waals surface area contributed by atoms with Crippen molar-refractivity contribution in [2.45, 2.75) is 4.90 Å². The Morgan fingerprint density at radius 1 is 0.935 bits per heavy atom. The fraction of sp³-hybridized carbons (Fsp3) is 0.333. The number of carbonyl (C=O) groups excluding carboxylic acids is 2. The average molecular weight is 449 g/mol. The SMILES string of the molecule is COc1ccc(OCC(=O)OCC(=O)c2ccc(S(=O)(=O)N3CCOCC3)cc2)cc1. The molecule has 1 fully saturated rings. The van der Waals surface area contributed by atoms with Crippen molar-refractivity contribution in [1.29, 1.82) is 0 Å². The molecule has 0 N–H and O–H groups in total. The summed E-state index contributed by atoms with van der Waals surface area (Å²) in [6, 6.07) is 12.2. The number of ether oxygens (including phenoxy) is 4. The van der Waals surface area contributed by atoms with Crippen molar-refractivity contribution in [2.24, 2.45) is 0 Å². The van der Waals surface area contributed by atoms with Crippen LogP contribution in [0.1, 0.15) is 10.4 Å². The Kier molecular flexibility index (Phi) is 7.61. The second kappa shape index (κ2) is 10.4. The Labute approximate surface area is 180 Å². The van der Waals surface area contributed by atoms with Gasteiger partial charge in [0.1, 0.15) is 11.5 Å². The number of ketones is 1. The minimum Gasteiger partial charge on any atom is -0.497 e. The first-order valence-electron chi connectivity index (χ1n) is 9.54. The van der Waals surface area contributed by atoms with Gasteiger partial charge in [0.2, 0.25) is 10.0 Å². The highest BCUT2D eigenvalue weighted by Crippen LogP contribution is 2.18. The minimum absolute atomic E-state index is 0.0934. The van der Waals surface area contributed by atoms with Gasteiger partial charge in [0, 0.05) is 18.7 Å². The van der Waals surface area contributed by atoms with Crippen molar-refractivity contribution in [1.82, 2.24) is 4.31 Å². The van der Waals surface area contributed by atoms with E-state index in [4.69, 9.17) is 18.9 Å². The number of morpholine rings is 1. The maximum atomic E-state index is 12.6. The maximum Gasteiger partial charge on any atom is 0.344 e. The van der Waals surface area contributed by atoms with Crippen molar-refractivity contribution in [3.8, 4) is 11.5 Å². The maximum absolute atomic E-state index is 12.6. The van der Waals surface area contributed by atoms with Gasteiger partial charge in [-0.3, -0.25) is 4.79 Å². The third-order valence-electron chi connectivity index (χ3n) is 4.56. The third-order valence-corrected chi connectivity index (χ3v) is 6.48. The molecule has 1 saturated heterocycles. The molecule has 0 unspecified atom stereocenters. The second-order valence-electron chi connectivity index (χ2n) is 6.59. The van der Waals surface area contributed by atoms with E-state index in [0.29, 0.717) is 24.7 Å². The van der Waals surface area contributed by atoms with Crippen LogP contribution in [-0.2, 0) is 24.3 Å². The number of rotatable bonds is 9. The molecule has 2 aromatic carbocycles. The molecule has 0 bridgehead atoms. The highest BCUT2D eigenvalue weighted by atomic mass is 32.2. The number of methoxy groups -OCH3 is 1. The van der Waals surface area contributed by atoms with E-state index in [2.05, 4.69) is 0 Å². The summed E-state index contributed by atoms with van der Waals surface area (Å²) in [5, 5.41) is 0. The number of Topliss-reactive ketones (excluding diaryl/α,β-unsaturated/α-hetero) is 1. The third kappa shape index (κ3) is 6.03. The lowest BCUT2D eigenvalue weighted by Crippen LogP contribution is -2.40. The Bertz CT molecular complexity index is 997. The van der Waals surface area contributed by atoms with E-state index in [-0.39, 0.29) is 30.2 Å². The van der Waals surface area contributed by atoms with Crippen molar-refractivity contribution in [3.63, 3.8) is 0 Å². The summed E-state index contributed by atoms with van der Waals surface area (Å²) >= 11 is 0. The van der Waals surface area contributed by atoms with Gasteiger partial charge in [-0.2, -0.15) is 4.31 Å². The van der Waals surface area contributed by atoms with Crippen LogP contribution in [0.25, 0.3) is 0 Å². The van der Waals surface area contributed by atoms with Crippen LogP contribution < -0.4 is 9.47 Å². The Balaban J connectivity index is 1.49. The number of sulfonamides is 1. The molecule has 0 aliphatic carbocycles. The van der Waals surface area contributed by atoms with Crippen LogP contribution in [0.3, 0.4) is 0 Å². The van der Waals surface area contributed by atoms with Crippen molar-refractivity contribution < 1.29 is 37.0 Å². The average Bonchev–Trinajstić information content (AvgIpc) is 2.82. The minimum atomic E-state index is -3.64. The largest absolute Gasteiger partial charge is 0.497 e. The molecule has 166 valence electrons. The summed E-state index contributed by atoms with van der Waals surface area (Å²) in [6.07, 6.45) is 0. The summed E-state index contributed by atoms with van der Waals surface area (Å²) in [4.78, 5) is 24.2. The normalized spacial score (nSPS) is 14.6. The number of benzene rings is 2. The Morgan fingerprint density at radius 2 is 1.55 bits per heavy atom. The number of hydrogen-bond donors (Lipinski definition) is 0. The quantitative estimate of drug-likeness (QED) is 0.419. The molecule has 2 aromatic rings. The Morgan fingerprint density at radius 3 is 2.16 bits per heavy atom. The zero-order chi connectivity index (χ0) is 22.3. The zero-order valence-electron chi connectivity index (χ0n) is 17.0. The van der Waals surface area contributed by atoms with Crippen molar-refractivity contribution in [2.75, 3.05) is 46.6 Å². The molecule has 0 atom stereocenters. The number of hydrogen-bond acceptors (Lipinski definition) is 8. The van der Waals surface area contributed by atoms with E-state index in [1.165, 1.54) is 28.6 Å². The van der Waals surface area contributed by atoms with E-state index < -0.39 is 28.4 Å². The standard InChI is InChI=1S/C21H23NO8S/c1-27-17-4-6-18(7-5-17)29-15-21(24)30-14-20(23)16-2-8-19(9-3-16)31(25,26)22-10-12-28-13-11-22/h2-9H,10-15H2,1H3. The first kappa shape index (κ1) is 22.7. The summed E-state index contributed by atoms with van der Waals surface area (Å²) in [5.41, 5.74) is 0.241. The highest BCUT2D eigenvalue weighted by molar-refractivity contribution is 7.89. The summed E-state index contributed by atoms with van der Waals surface area (Å²) in [5.74, 6) is -0.0331. The molecule has 1 heterocycles. The van der Waals surface area contributed by atoms with Crippen LogP contribution >= 0.6 is 0 Å². The molecule has 1 aliphatic heterocycles. The molecule has 31 heavy (non-hydrogen) atoms. The van der Waals surface area contributed by atoms with Crippen molar-refractivity contribution in [3.05, 3.63) is 54.1 Å². The van der Waals surface area contributed by atoms with Crippen LogP contribution in [-0.4, -0.2) is 71.1 Å². The van der Waals surface area contributed by atoms with E-state index in [0.717, 1.165) is 0 Å². The summed E-state index contributed by atoms with van der Waals surface area (Å²) in [7, 11) is -2.09. The fourth-order valence-corrected chi connectivity index (χ4v) is 4.24. The molecule has 10 heteroatoms. The van der Waals surface area contributed by atoms with Crippen LogP contribution in [0, 0.1) is 0 Å². The number of carbonyl (C=O) groups is 2. The number of esters is 1. The highest BCUT2D eigenvalue weighted by Gasteiger charge is 2.26. The van der Waals surface area contributed by atoms with Crippen LogP contribution in [0.15, 0.2) is 53.4 Å². The van der Waals surface area contributed by atoms with E-state index >= 15 is 0 Å². The smallest absolute Gasteiger partial charge is 0.344 e. The van der Waals surface area contributed by atoms with Gasteiger partial charge in [-0.15, -0.1) is 0 Å². The lowest BCUT2D eigenvalue weighted by Gasteiger charge is -2.26. The van der Waals surface area contributed by atoms with Crippen LogP contribution in [0.2, 0.25) is 0 Å². The van der Waals surface area contributed by atoms with Gasteiger partial charge in [-0.05, 0) is 48.5 Å². The predicted octanol–water partition coefficient (Wildman–Crippen LogP) is 1.52. The van der Waals surface area contributed by atoms with Gasteiger partial charge >= 0.3 is 5.97 Å². The van der Waals surface area contributed by atoms with Gasteiger partial charge in [0.25, 0.3) is 0 Å². The molecule has 0 saturated carbocycles. The molecule has 0 spiro atoms. The van der Waals surface area contributed by atoms with Crippen LogP contribution in [0.4, 0.5) is 0 Å². The first-order valence-corrected chi connectivity index (χ1v) is 11.0. The topological polar surface area (TPSA) is 108 Å². The first-order chi connectivity index (χ1) is 14.9. The molecule has 0 radical (unpaired) electrons. The monoisotopic (exact) mass is 449 g/mol. The van der Waals surface area contributed by atoms with Crippen molar-refractivity contribution >= 4 is 21.8 Å². The predicted molar refractivity (Wildman–Crippen MR) is 110 cm³/mol. The fourth-order valence-electron chi connectivity index (χ4n) is 2.83. The zero-order valence-corrected chi connectivity index (χ0v) is 17.8. The van der Waals surface area contributed by atoms with Gasteiger partial charge in [0.15, 0.2) is 19.0 Å². The summed E-state index contributed by atoms with van der Waals surface area (Å²) in [6.45, 7) is 0.457. The van der Waals surface area contributed by atoms with E-state index in [1.54, 1.807) is 31.4 Å². The van der Waals surface area contributed by atoms with E-state index in [9.17, 15) is 18.0 Å². The molecule has 3 rings (SSSR count). The summed E-state index contributed by atoms with van der Waals surface area (Å²) < 4.78 is 47.0. The second-order valence-corrected chi connectivity index (χ2v) is 8.53. The number of nitrogens with zero attached hydrogens (tertiary/aromatic N) is 1. The molecule has 0 amide bonds. The van der Waals surface area contributed by atoms with Gasteiger partial charge < -0.3 is 18.9 Å². The molecule has 1 aliphatic rings. The van der Waals surface area contributed by atoms with Gasteiger partial charge in [0.05, 0.1) is 25.2 Å². The molecule has 9 nitrogen and oxygen atoms in total. The van der Waals surface area contributed by atoms with Gasteiger partial charge in [-0.25, -0.2) is 13.2 Å². The molecule has 0 aromatic heterocycles. The van der Waals surface area contributed by atoms with Crippen LogP contribution in [0.5, 0.6) is 11.5 Å². The van der Waals surface area contributed by atoms with Gasteiger partial charge in [-0.1, -0.05) is 0 Å². The lowest BCUT2D eigenvalue weighted by molar-refractivity contribution is -0.144. The Hall–Kier alpha value is -2.95. The molecular formula is C21H23NO8S. The van der Waals surface area contributed by atoms with E-state index in [1.807, 2.05) is 0 Å².